The van der Waals surface area contributed by atoms with Crippen molar-refractivity contribution in [3.8, 4) is 0 Å². The molecule has 2 rings (SSSR count). The molecule has 0 saturated carbocycles. The minimum atomic E-state index is -0.353. The van der Waals surface area contributed by atoms with Crippen LogP contribution in [0.2, 0.25) is 0 Å². The zero-order chi connectivity index (χ0) is 14.0. The van der Waals surface area contributed by atoms with Gasteiger partial charge >= 0.3 is 0 Å². The number of benzene rings is 1. The predicted octanol–water partition coefficient (Wildman–Crippen LogP) is 2.86. The Hall–Kier alpha value is -1.91. The Balaban J connectivity index is 2.36. The van der Waals surface area contributed by atoms with Crippen molar-refractivity contribution in [1.29, 1.82) is 0 Å². The molecule has 0 bridgehead atoms. The van der Waals surface area contributed by atoms with Gasteiger partial charge in [0.05, 0.1) is 4.92 Å². The number of carbonyl (C=O) groups excluding carboxylic acids is 1. The predicted molar refractivity (Wildman–Crippen MR) is 73.5 cm³/mol. The average Bonchev–Trinajstić information content (AvgIpc) is 2.34. The van der Waals surface area contributed by atoms with Gasteiger partial charge in [0.15, 0.2) is 0 Å². The Bertz CT molecular complexity index is 526. The molecule has 19 heavy (non-hydrogen) atoms. The second-order valence-corrected chi connectivity index (χ2v) is 5.18. The van der Waals surface area contributed by atoms with E-state index in [1.54, 1.807) is 6.07 Å². The number of carbonyl (C=O) groups is 1. The summed E-state index contributed by atoms with van der Waals surface area (Å²) in [6.07, 6.45) is 2.61. The van der Waals surface area contributed by atoms with Crippen LogP contribution in [0, 0.1) is 10.1 Å². The standard InChI is InChI=1S/C14H18N2O3/c1-9-3-5-11-8-14(16(18)19)12(6-4-10(2)17)7-13(11)15-9/h7-9,15H,3-6H2,1-2H3. The lowest BCUT2D eigenvalue weighted by atomic mass is 9.94. The molecule has 0 spiro atoms. The number of aryl methyl sites for hydroxylation is 2. The largest absolute Gasteiger partial charge is 0.382 e. The van der Waals surface area contributed by atoms with E-state index < -0.39 is 0 Å². The number of nitrogens with one attached hydrogen (secondary N) is 1. The highest BCUT2D eigenvalue weighted by molar-refractivity contribution is 5.76. The van der Waals surface area contributed by atoms with E-state index in [0.717, 1.165) is 24.1 Å². The van der Waals surface area contributed by atoms with Gasteiger partial charge in [0.2, 0.25) is 0 Å². The van der Waals surface area contributed by atoms with Crippen molar-refractivity contribution in [2.75, 3.05) is 5.32 Å². The third-order valence-electron chi connectivity index (χ3n) is 3.50. The molecule has 0 amide bonds. The lowest BCUT2D eigenvalue weighted by molar-refractivity contribution is -0.385. The van der Waals surface area contributed by atoms with Crippen molar-refractivity contribution in [3.05, 3.63) is 33.4 Å². The van der Waals surface area contributed by atoms with Crippen LogP contribution in [0.15, 0.2) is 12.1 Å². The van der Waals surface area contributed by atoms with E-state index in [0.29, 0.717) is 24.4 Å². The second-order valence-electron chi connectivity index (χ2n) is 5.18. The van der Waals surface area contributed by atoms with E-state index >= 15 is 0 Å². The molecule has 1 unspecified atom stereocenters. The van der Waals surface area contributed by atoms with Gasteiger partial charge in [-0.15, -0.1) is 0 Å². The average molecular weight is 262 g/mol. The van der Waals surface area contributed by atoms with E-state index in [9.17, 15) is 14.9 Å². The number of nitro benzene ring substituents is 1. The monoisotopic (exact) mass is 262 g/mol. The molecule has 0 radical (unpaired) electrons. The Kier molecular flexibility index (Phi) is 3.83. The molecule has 1 aromatic carbocycles. The molecule has 102 valence electrons. The zero-order valence-electron chi connectivity index (χ0n) is 11.2. The number of Topliss-reactive ketones (excluding diaryl/α,β-unsaturated/α-hetero) is 1. The Morgan fingerprint density at radius 1 is 1.53 bits per heavy atom. The summed E-state index contributed by atoms with van der Waals surface area (Å²) in [5.41, 5.74) is 2.75. The van der Waals surface area contributed by atoms with E-state index in [1.807, 2.05) is 6.07 Å². The van der Waals surface area contributed by atoms with Crippen LogP contribution in [-0.2, 0) is 17.6 Å². The number of rotatable bonds is 4. The third kappa shape index (κ3) is 3.10. The summed E-state index contributed by atoms with van der Waals surface area (Å²) in [5, 5.41) is 14.5. The highest BCUT2D eigenvalue weighted by atomic mass is 16.6. The molecule has 1 aliphatic rings. The molecule has 1 aliphatic heterocycles. The van der Waals surface area contributed by atoms with Crippen molar-refractivity contribution in [2.45, 2.75) is 45.6 Å². The molecular formula is C14H18N2O3. The molecule has 5 heteroatoms. The van der Waals surface area contributed by atoms with Crippen molar-refractivity contribution >= 4 is 17.2 Å². The lowest BCUT2D eigenvalue weighted by Gasteiger charge is -2.24. The van der Waals surface area contributed by atoms with Crippen LogP contribution in [0.1, 0.15) is 37.8 Å². The first-order valence-electron chi connectivity index (χ1n) is 6.53. The van der Waals surface area contributed by atoms with Gasteiger partial charge in [0, 0.05) is 29.8 Å². The molecule has 1 N–H and O–H groups in total. The SMILES string of the molecule is CC(=O)CCc1cc2c(cc1[N+](=O)[O-])CCC(C)N2. The smallest absolute Gasteiger partial charge is 0.273 e. The summed E-state index contributed by atoms with van der Waals surface area (Å²) >= 11 is 0. The van der Waals surface area contributed by atoms with E-state index in [2.05, 4.69) is 12.2 Å². The van der Waals surface area contributed by atoms with Crippen molar-refractivity contribution < 1.29 is 9.72 Å². The summed E-state index contributed by atoms with van der Waals surface area (Å²) in [6, 6.07) is 3.88. The number of anilines is 1. The summed E-state index contributed by atoms with van der Waals surface area (Å²) in [6.45, 7) is 3.60. The van der Waals surface area contributed by atoms with E-state index in [1.165, 1.54) is 6.92 Å². The van der Waals surface area contributed by atoms with Crippen LogP contribution in [0.5, 0.6) is 0 Å². The maximum atomic E-state index is 11.1. The number of hydrogen-bond acceptors (Lipinski definition) is 4. The first-order chi connectivity index (χ1) is 8.97. The summed E-state index contributed by atoms with van der Waals surface area (Å²) in [5.74, 6) is 0.0494. The quantitative estimate of drug-likeness (QED) is 0.669. The minimum Gasteiger partial charge on any atom is -0.382 e. The molecule has 1 atom stereocenters. The van der Waals surface area contributed by atoms with Gasteiger partial charge in [-0.05, 0) is 44.7 Å². The van der Waals surface area contributed by atoms with Crippen LogP contribution in [0.3, 0.4) is 0 Å². The molecule has 1 heterocycles. The number of nitrogens with zero attached hydrogens (tertiary/aromatic N) is 1. The van der Waals surface area contributed by atoms with E-state index in [-0.39, 0.29) is 16.4 Å². The highest BCUT2D eigenvalue weighted by Gasteiger charge is 2.21. The normalized spacial score (nSPS) is 17.5. The summed E-state index contributed by atoms with van der Waals surface area (Å²) in [7, 11) is 0. The molecule has 0 fully saturated rings. The van der Waals surface area contributed by atoms with Crippen molar-refractivity contribution in [1.82, 2.24) is 0 Å². The molecule has 5 nitrogen and oxygen atoms in total. The number of ketones is 1. The van der Waals surface area contributed by atoms with E-state index in [4.69, 9.17) is 0 Å². The fourth-order valence-electron chi connectivity index (χ4n) is 2.41. The maximum Gasteiger partial charge on any atom is 0.273 e. The number of hydrogen-bond donors (Lipinski definition) is 1. The Morgan fingerprint density at radius 3 is 2.89 bits per heavy atom. The van der Waals surface area contributed by atoms with Gasteiger partial charge in [0.25, 0.3) is 5.69 Å². The highest BCUT2D eigenvalue weighted by Crippen LogP contribution is 2.32. The molecule has 0 saturated heterocycles. The second kappa shape index (κ2) is 5.38. The first-order valence-corrected chi connectivity index (χ1v) is 6.53. The summed E-state index contributed by atoms with van der Waals surface area (Å²) < 4.78 is 0. The fraction of sp³-hybridized carbons (Fsp3) is 0.500. The van der Waals surface area contributed by atoms with Gasteiger partial charge in [-0.3, -0.25) is 10.1 Å². The fourth-order valence-corrected chi connectivity index (χ4v) is 2.41. The Morgan fingerprint density at radius 2 is 2.26 bits per heavy atom. The van der Waals surface area contributed by atoms with Crippen molar-refractivity contribution in [3.63, 3.8) is 0 Å². The van der Waals surface area contributed by atoms with Crippen LogP contribution in [0.4, 0.5) is 11.4 Å². The van der Waals surface area contributed by atoms with Crippen LogP contribution < -0.4 is 5.32 Å². The van der Waals surface area contributed by atoms with Crippen molar-refractivity contribution in [2.24, 2.45) is 0 Å². The minimum absolute atomic E-state index is 0.0494. The summed E-state index contributed by atoms with van der Waals surface area (Å²) in [4.78, 5) is 21.8. The molecular weight excluding hydrogens is 244 g/mol. The van der Waals surface area contributed by atoms with Gasteiger partial charge in [-0.1, -0.05) is 0 Å². The number of fused-ring (bicyclic) bond motifs is 1. The van der Waals surface area contributed by atoms with Gasteiger partial charge in [-0.2, -0.15) is 0 Å². The maximum absolute atomic E-state index is 11.1. The lowest BCUT2D eigenvalue weighted by Crippen LogP contribution is -2.22. The van der Waals surface area contributed by atoms with Gasteiger partial charge in [0.1, 0.15) is 5.78 Å². The topological polar surface area (TPSA) is 72.2 Å². The first kappa shape index (κ1) is 13.5. The van der Waals surface area contributed by atoms with Crippen LogP contribution in [0.25, 0.3) is 0 Å². The van der Waals surface area contributed by atoms with Crippen LogP contribution >= 0.6 is 0 Å². The zero-order valence-corrected chi connectivity index (χ0v) is 11.2. The number of nitro groups is 1. The molecule has 0 aromatic heterocycles. The van der Waals surface area contributed by atoms with Crippen LogP contribution in [-0.4, -0.2) is 16.7 Å². The van der Waals surface area contributed by atoms with Gasteiger partial charge in [-0.25, -0.2) is 0 Å². The molecule has 0 aliphatic carbocycles. The molecule has 1 aromatic rings. The van der Waals surface area contributed by atoms with Gasteiger partial charge < -0.3 is 10.1 Å². The Labute approximate surface area is 112 Å². The third-order valence-corrected chi connectivity index (χ3v) is 3.50.